The number of carbonyl (C=O) groups excluding carboxylic acids is 3. The van der Waals surface area contributed by atoms with Crippen LogP contribution >= 0.6 is 0 Å². The maximum atomic E-state index is 12.4. The molecule has 0 spiro atoms. The minimum absolute atomic E-state index is 0.266. The van der Waals surface area contributed by atoms with E-state index in [2.05, 4.69) is 5.32 Å². The van der Waals surface area contributed by atoms with Gasteiger partial charge in [-0.25, -0.2) is 0 Å². The Hall–Kier alpha value is -2.68. The number of imide groups is 1. The van der Waals surface area contributed by atoms with Crippen LogP contribution in [0.4, 0.5) is 5.69 Å². The van der Waals surface area contributed by atoms with E-state index in [0.29, 0.717) is 11.3 Å². The molecule has 0 saturated carbocycles. The average Bonchev–Trinajstić information content (AvgIpc) is 2.61. The summed E-state index contributed by atoms with van der Waals surface area (Å²) in [5, 5.41) is 11.0. The van der Waals surface area contributed by atoms with Crippen LogP contribution in [0, 0.1) is 11.3 Å². The van der Waals surface area contributed by atoms with E-state index in [-0.39, 0.29) is 23.8 Å². The van der Waals surface area contributed by atoms with Gasteiger partial charge in [0.2, 0.25) is 5.91 Å². The molecule has 1 aliphatic heterocycles. The van der Waals surface area contributed by atoms with Crippen LogP contribution in [0.25, 0.3) is 0 Å². The topological polar surface area (TPSA) is 90.3 Å². The maximum absolute atomic E-state index is 12.4. The first-order chi connectivity index (χ1) is 9.75. The van der Waals surface area contributed by atoms with Crippen molar-refractivity contribution < 1.29 is 14.4 Å². The fourth-order valence-electron chi connectivity index (χ4n) is 2.20. The van der Waals surface area contributed by atoms with Crippen molar-refractivity contribution in [1.29, 1.82) is 5.26 Å². The van der Waals surface area contributed by atoms with E-state index < -0.39 is 11.4 Å². The van der Waals surface area contributed by atoms with Crippen molar-refractivity contribution in [2.24, 2.45) is 0 Å². The predicted molar refractivity (Wildman–Crippen MR) is 75.6 cm³/mol. The quantitative estimate of drug-likeness (QED) is 0.841. The zero-order valence-electron chi connectivity index (χ0n) is 12.1. The summed E-state index contributed by atoms with van der Waals surface area (Å²) in [6.45, 7) is 5.35. The number of carbonyl (C=O) groups is 3. The summed E-state index contributed by atoms with van der Waals surface area (Å²) in [5.74, 6) is -1.17. The van der Waals surface area contributed by atoms with Crippen LogP contribution in [-0.2, 0) is 4.79 Å². The summed E-state index contributed by atoms with van der Waals surface area (Å²) in [6.07, 6.45) is -0.266. The van der Waals surface area contributed by atoms with Gasteiger partial charge in [0.15, 0.2) is 0 Å². The smallest absolute Gasteiger partial charge is 0.262 e. The molecule has 1 aromatic carbocycles. The first kappa shape index (κ1) is 14.7. The van der Waals surface area contributed by atoms with E-state index in [0.717, 1.165) is 0 Å². The number of hydrogen-bond acceptors (Lipinski definition) is 4. The molecule has 6 heteroatoms. The Morgan fingerprint density at radius 3 is 2.43 bits per heavy atom. The molecule has 108 valence electrons. The van der Waals surface area contributed by atoms with Crippen LogP contribution < -0.4 is 5.32 Å². The number of nitriles is 1. The molecule has 1 heterocycles. The highest BCUT2D eigenvalue weighted by molar-refractivity contribution is 6.22. The van der Waals surface area contributed by atoms with E-state index in [1.807, 2.05) is 0 Å². The molecule has 0 aromatic heterocycles. The van der Waals surface area contributed by atoms with E-state index in [1.165, 1.54) is 17.0 Å². The SMILES string of the molecule is CC(C)(C)N1C(=O)c2ccc(NC(=O)CC#N)cc2C1=O. The lowest BCUT2D eigenvalue weighted by atomic mass is 10.1. The van der Waals surface area contributed by atoms with Crippen molar-refractivity contribution in [3.63, 3.8) is 0 Å². The van der Waals surface area contributed by atoms with Crippen molar-refractivity contribution >= 4 is 23.4 Å². The monoisotopic (exact) mass is 285 g/mol. The fourth-order valence-corrected chi connectivity index (χ4v) is 2.20. The third kappa shape index (κ3) is 2.63. The molecular formula is C15H15N3O3. The number of nitrogens with one attached hydrogen (secondary N) is 1. The van der Waals surface area contributed by atoms with Crippen LogP contribution in [0.2, 0.25) is 0 Å². The highest BCUT2D eigenvalue weighted by atomic mass is 16.2. The highest BCUT2D eigenvalue weighted by Gasteiger charge is 2.41. The number of anilines is 1. The Kier molecular flexibility index (Phi) is 3.52. The maximum Gasteiger partial charge on any atom is 0.262 e. The molecule has 0 bridgehead atoms. The molecule has 21 heavy (non-hydrogen) atoms. The Morgan fingerprint density at radius 2 is 1.86 bits per heavy atom. The third-order valence-corrected chi connectivity index (χ3v) is 3.08. The van der Waals surface area contributed by atoms with Gasteiger partial charge in [0.1, 0.15) is 6.42 Å². The minimum Gasteiger partial charge on any atom is -0.325 e. The number of nitrogens with zero attached hydrogens (tertiary/aromatic N) is 2. The van der Waals surface area contributed by atoms with Gasteiger partial charge in [-0.3, -0.25) is 19.3 Å². The lowest BCUT2D eigenvalue weighted by molar-refractivity contribution is -0.115. The second-order valence-electron chi connectivity index (χ2n) is 5.76. The minimum atomic E-state index is -0.614. The lowest BCUT2D eigenvalue weighted by Gasteiger charge is -2.29. The molecule has 1 aromatic rings. The first-order valence-corrected chi connectivity index (χ1v) is 6.45. The van der Waals surface area contributed by atoms with E-state index in [4.69, 9.17) is 5.26 Å². The van der Waals surface area contributed by atoms with Gasteiger partial charge in [0.05, 0.1) is 17.2 Å². The van der Waals surface area contributed by atoms with Gasteiger partial charge in [0, 0.05) is 11.2 Å². The number of fused-ring (bicyclic) bond motifs is 1. The molecular weight excluding hydrogens is 270 g/mol. The number of rotatable bonds is 2. The third-order valence-electron chi connectivity index (χ3n) is 3.08. The normalized spacial score (nSPS) is 13.9. The summed E-state index contributed by atoms with van der Waals surface area (Å²) < 4.78 is 0. The Bertz CT molecular complexity index is 680. The number of benzene rings is 1. The molecule has 1 aliphatic rings. The van der Waals surface area contributed by atoms with E-state index in [1.54, 1.807) is 32.9 Å². The van der Waals surface area contributed by atoms with Crippen LogP contribution in [-0.4, -0.2) is 28.2 Å². The average molecular weight is 285 g/mol. The van der Waals surface area contributed by atoms with E-state index in [9.17, 15) is 14.4 Å². The van der Waals surface area contributed by atoms with Crippen molar-refractivity contribution in [2.45, 2.75) is 32.7 Å². The van der Waals surface area contributed by atoms with Crippen molar-refractivity contribution in [3.8, 4) is 6.07 Å². The summed E-state index contributed by atoms with van der Waals surface area (Å²) in [4.78, 5) is 37.2. The Labute approximate surface area is 122 Å². The van der Waals surface area contributed by atoms with Crippen LogP contribution in [0.5, 0.6) is 0 Å². The molecule has 6 nitrogen and oxygen atoms in total. The van der Waals surface area contributed by atoms with Crippen molar-refractivity contribution in [3.05, 3.63) is 29.3 Å². The molecule has 0 unspecified atom stereocenters. The van der Waals surface area contributed by atoms with Crippen LogP contribution in [0.15, 0.2) is 18.2 Å². The van der Waals surface area contributed by atoms with E-state index >= 15 is 0 Å². The fraction of sp³-hybridized carbons (Fsp3) is 0.333. The largest absolute Gasteiger partial charge is 0.325 e. The van der Waals surface area contributed by atoms with Gasteiger partial charge in [-0.05, 0) is 39.0 Å². The standard InChI is InChI=1S/C15H15N3O3/c1-15(2,3)18-13(20)10-5-4-9(8-11(10)14(18)21)17-12(19)6-7-16/h4-5,8H,6H2,1-3H3,(H,17,19). The predicted octanol–water partition coefficient (Wildman–Crippen LogP) is 1.93. The van der Waals surface area contributed by atoms with Gasteiger partial charge >= 0.3 is 0 Å². The van der Waals surface area contributed by atoms with Gasteiger partial charge in [-0.2, -0.15) is 5.26 Å². The van der Waals surface area contributed by atoms with Gasteiger partial charge in [-0.1, -0.05) is 0 Å². The van der Waals surface area contributed by atoms with Crippen LogP contribution in [0.3, 0.4) is 0 Å². The summed E-state index contributed by atoms with van der Waals surface area (Å²) >= 11 is 0. The second kappa shape index (κ2) is 5.02. The number of hydrogen-bond donors (Lipinski definition) is 1. The molecule has 0 saturated heterocycles. The second-order valence-corrected chi connectivity index (χ2v) is 5.76. The summed E-state index contributed by atoms with van der Waals surface area (Å²) in [5.41, 5.74) is 0.376. The molecule has 2 rings (SSSR count). The van der Waals surface area contributed by atoms with Crippen LogP contribution in [0.1, 0.15) is 47.9 Å². The highest BCUT2D eigenvalue weighted by Crippen LogP contribution is 2.30. The molecule has 0 atom stereocenters. The zero-order chi connectivity index (χ0) is 15.8. The molecule has 1 N–H and O–H groups in total. The number of amides is 3. The first-order valence-electron chi connectivity index (χ1n) is 6.45. The van der Waals surface area contributed by atoms with Crippen molar-refractivity contribution in [1.82, 2.24) is 4.90 Å². The molecule has 0 radical (unpaired) electrons. The summed E-state index contributed by atoms with van der Waals surface area (Å²) in [7, 11) is 0. The molecule has 3 amide bonds. The Balaban J connectivity index is 2.35. The Morgan fingerprint density at radius 1 is 1.24 bits per heavy atom. The molecule has 0 fully saturated rings. The molecule has 0 aliphatic carbocycles. The zero-order valence-corrected chi connectivity index (χ0v) is 12.1. The summed E-state index contributed by atoms with van der Waals surface area (Å²) in [6, 6.07) is 6.27. The van der Waals surface area contributed by atoms with Gasteiger partial charge < -0.3 is 5.32 Å². The van der Waals surface area contributed by atoms with Gasteiger partial charge in [0.25, 0.3) is 11.8 Å². The van der Waals surface area contributed by atoms with Gasteiger partial charge in [-0.15, -0.1) is 0 Å². The van der Waals surface area contributed by atoms with Crippen molar-refractivity contribution in [2.75, 3.05) is 5.32 Å². The lowest BCUT2D eigenvalue weighted by Crippen LogP contribution is -2.45.